The molecule has 4 saturated heterocycles. The van der Waals surface area contributed by atoms with E-state index >= 15 is 0 Å². The smallest absolute Gasteiger partial charge is 0.272 e. The van der Waals surface area contributed by atoms with E-state index < -0.39 is 24.1 Å². The molecule has 6 aliphatic heterocycles. The van der Waals surface area contributed by atoms with Crippen molar-refractivity contribution in [1.29, 1.82) is 0 Å². The Bertz CT molecular complexity index is 2450. The number of halogens is 6. The number of morpholine rings is 3. The predicted octanol–water partition coefficient (Wildman–Crippen LogP) is 14.0. The standard InChI is InChI=1S/2C10H19F2NO.C10H17N3.C9H12ClN.C9H12FN.C9H14N2S.C8H15NO/c2*1-7(2)13-5-8(3)14-9(6-13)10(4,11)12;1-8(2)13-5-4-10-9(7-13)6-12(3)11-10;1-7(2)11-9-6-4-3-5-8(9)10;1-7(2)11-9-5-3-8(10)4-6-9;1-7(2)11-4-3-8-9(5-11)12-6-10-8;1-6(2)9-4-8-3-7(9)5-10-8/h2*7-9H,5-6H2,1-4H3;6,8H,4-5,7H2,1-3H3;2*3-7,11H,1-2H3;6-7H,3-5H2,1-2H3;6-8H,3-5H2,1-2H3/t8-,9+;8-,9-;;;;;/m01...../s1. The third-order valence-corrected chi connectivity index (χ3v) is 16.8. The first-order valence-corrected chi connectivity index (χ1v) is 32.3. The van der Waals surface area contributed by atoms with Gasteiger partial charge in [0.05, 0.1) is 52.5 Å². The lowest BCUT2D eigenvalue weighted by Crippen LogP contribution is -2.54. The first-order valence-electron chi connectivity index (χ1n) is 31.1. The van der Waals surface area contributed by atoms with Gasteiger partial charge >= 0.3 is 0 Å². The molecule has 0 spiro atoms. The van der Waals surface area contributed by atoms with Gasteiger partial charge in [-0.3, -0.25) is 29.2 Å². The lowest BCUT2D eigenvalue weighted by atomic mass is 10.1. The van der Waals surface area contributed by atoms with Crippen LogP contribution in [0.5, 0.6) is 0 Å². The summed E-state index contributed by atoms with van der Waals surface area (Å²) < 4.78 is 82.6. The number of hydrogen-bond donors (Lipinski definition) is 2. The summed E-state index contributed by atoms with van der Waals surface area (Å²) in [6.07, 6.45) is 4.08. The third kappa shape index (κ3) is 25.9. The maximum absolute atomic E-state index is 13.1. The van der Waals surface area contributed by atoms with Crippen LogP contribution >= 0.6 is 22.9 Å². The third-order valence-electron chi connectivity index (χ3n) is 15.6. The molecule has 0 aliphatic carbocycles. The Morgan fingerprint density at radius 3 is 1.58 bits per heavy atom. The highest BCUT2D eigenvalue weighted by Gasteiger charge is 2.43. The minimum atomic E-state index is -2.75. The zero-order valence-electron chi connectivity index (χ0n) is 54.9. The van der Waals surface area contributed by atoms with E-state index in [1.165, 1.54) is 53.5 Å². The maximum atomic E-state index is 13.1. The summed E-state index contributed by atoms with van der Waals surface area (Å²) in [4.78, 5) is 17.4. The average molecular weight is 1240 g/mol. The molecule has 2 aromatic heterocycles. The summed E-state index contributed by atoms with van der Waals surface area (Å²) >= 11 is 7.70. The molecule has 20 heteroatoms. The lowest BCUT2D eigenvalue weighted by Gasteiger charge is -2.40. The van der Waals surface area contributed by atoms with Gasteiger partial charge in [-0.25, -0.2) is 26.9 Å². The molecule has 2 aromatic carbocycles. The largest absolute Gasteiger partial charge is 0.383 e. The van der Waals surface area contributed by atoms with Gasteiger partial charge in [0.1, 0.15) is 18.0 Å². The number of benzene rings is 2. The fourth-order valence-electron chi connectivity index (χ4n) is 10.7. The van der Waals surface area contributed by atoms with Crippen molar-refractivity contribution in [3.05, 3.63) is 92.9 Å². The Kier molecular flexibility index (Phi) is 30.5. The number of aryl methyl sites for hydroxylation is 1. The second-order valence-electron chi connectivity index (χ2n) is 25.7. The normalized spacial score (nSPS) is 22.9. The molecule has 2 unspecified atom stereocenters. The van der Waals surface area contributed by atoms with Crippen LogP contribution in [0.3, 0.4) is 0 Å². The molecule has 4 aromatic rings. The number of ether oxygens (including phenoxy) is 3. The number of nitrogens with zero attached hydrogens (tertiary/aromatic N) is 8. The van der Waals surface area contributed by atoms with E-state index in [4.69, 9.17) is 25.8 Å². The van der Waals surface area contributed by atoms with Gasteiger partial charge in [-0.2, -0.15) is 5.10 Å². The molecule has 2 N–H and O–H groups in total. The summed E-state index contributed by atoms with van der Waals surface area (Å²) in [7, 11) is 2.00. The number of hydrogen-bond acceptors (Lipinski definition) is 13. The van der Waals surface area contributed by atoms with Crippen LogP contribution in [-0.2, 0) is 47.2 Å². The highest BCUT2D eigenvalue weighted by Crippen LogP contribution is 2.31. The van der Waals surface area contributed by atoms with Gasteiger partial charge in [0, 0.05) is 163 Å². The topological polar surface area (TPSA) is 98.7 Å². The van der Waals surface area contributed by atoms with Crippen molar-refractivity contribution in [2.45, 2.75) is 248 Å². The highest BCUT2D eigenvalue weighted by molar-refractivity contribution is 7.09. The number of nitrogens with one attached hydrogen (secondary N) is 2. The van der Waals surface area contributed by atoms with Crippen LogP contribution in [0.2, 0.25) is 5.02 Å². The van der Waals surface area contributed by atoms with E-state index in [-0.39, 0.29) is 18.0 Å². The van der Waals surface area contributed by atoms with E-state index in [0.717, 1.165) is 88.5 Å². The second-order valence-corrected chi connectivity index (χ2v) is 27.1. The zero-order chi connectivity index (χ0) is 63.5. The van der Waals surface area contributed by atoms with Gasteiger partial charge in [0.2, 0.25) is 0 Å². The summed E-state index contributed by atoms with van der Waals surface area (Å²) in [5.41, 5.74) is 7.96. The summed E-state index contributed by atoms with van der Waals surface area (Å²) in [5, 5.41) is 11.6. The molecule has 0 amide bonds. The predicted molar refractivity (Wildman–Crippen MR) is 343 cm³/mol. The van der Waals surface area contributed by atoms with E-state index in [2.05, 4.69) is 97.0 Å². The van der Waals surface area contributed by atoms with Crippen molar-refractivity contribution in [1.82, 2.24) is 39.3 Å². The minimum Gasteiger partial charge on any atom is -0.383 e. The van der Waals surface area contributed by atoms with Crippen LogP contribution in [-0.4, -0.2) is 182 Å². The van der Waals surface area contributed by atoms with Crippen LogP contribution in [0, 0.1) is 5.82 Å². The molecule has 0 saturated carbocycles. The van der Waals surface area contributed by atoms with Crippen LogP contribution in [0.4, 0.5) is 33.3 Å². The van der Waals surface area contributed by atoms with Crippen molar-refractivity contribution in [2.75, 3.05) is 63.1 Å². The fourth-order valence-corrected chi connectivity index (χ4v) is 11.7. The van der Waals surface area contributed by atoms with Gasteiger partial charge in [0.15, 0.2) is 0 Å². The van der Waals surface area contributed by atoms with Gasteiger partial charge < -0.3 is 24.8 Å². The Morgan fingerprint density at radius 2 is 1.14 bits per heavy atom. The Labute approximate surface area is 518 Å². The summed E-state index contributed by atoms with van der Waals surface area (Å²) in [5.74, 6) is -5.69. The summed E-state index contributed by atoms with van der Waals surface area (Å²) in [6, 6.07) is 18.3. The molecule has 4 fully saturated rings. The van der Waals surface area contributed by atoms with Gasteiger partial charge in [-0.05, 0) is 154 Å². The van der Waals surface area contributed by atoms with Gasteiger partial charge in [-0.15, -0.1) is 11.3 Å². The zero-order valence-corrected chi connectivity index (χ0v) is 56.5. The van der Waals surface area contributed by atoms with E-state index in [0.29, 0.717) is 61.5 Å². The molecule has 8 heterocycles. The fraction of sp³-hybridized carbons (Fsp3) is 0.723. The van der Waals surface area contributed by atoms with Crippen molar-refractivity contribution < 1.29 is 36.2 Å². The SMILES string of the molecule is CC(C)N1CC2CC1CO2.CC(C)N1CCc2ncsc2C1.CC(C)N1CCc2nn(C)cc2C1.CC(C)N1C[C@@H](C)O[C@@H](C(C)(F)F)C1.CC(C)N1C[C@H](C)O[C@@H](C(C)(F)F)C1.CC(C)Nc1ccc(F)cc1.CC(C)Nc1ccccc1Cl. The van der Waals surface area contributed by atoms with Crippen molar-refractivity contribution >= 4 is 34.3 Å². The number of likely N-dealkylation sites (tertiary alicyclic amines) is 1. The van der Waals surface area contributed by atoms with E-state index in [1.807, 2.05) is 107 Å². The van der Waals surface area contributed by atoms with E-state index in [1.54, 1.807) is 23.5 Å². The van der Waals surface area contributed by atoms with Crippen LogP contribution in [0.15, 0.2) is 60.2 Å². The first-order chi connectivity index (χ1) is 39.7. The number of aromatic nitrogens is 3. The monoisotopic (exact) mass is 1240 g/mol. The number of thiazole rings is 1. The Balaban J connectivity index is 0.000000213. The summed E-state index contributed by atoms with van der Waals surface area (Å²) in [6.45, 7) is 44.2. The molecule has 484 valence electrons. The van der Waals surface area contributed by atoms with Crippen molar-refractivity contribution in [3.8, 4) is 0 Å². The molecule has 13 nitrogen and oxygen atoms in total. The molecular formula is C65H108ClF5N10O3S. The lowest BCUT2D eigenvalue weighted by molar-refractivity contribution is -0.184. The van der Waals surface area contributed by atoms with Crippen LogP contribution in [0.25, 0.3) is 0 Å². The molecular weight excluding hydrogens is 1130 g/mol. The minimum absolute atomic E-state index is 0.109. The van der Waals surface area contributed by atoms with Crippen LogP contribution in [0.1, 0.15) is 153 Å². The highest BCUT2D eigenvalue weighted by atomic mass is 35.5. The number of alkyl halides is 4. The molecule has 2 bridgehead atoms. The first kappa shape index (κ1) is 74.0. The number of fused-ring (bicyclic) bond motifs is 4. The van der Waals surface area contributed by atoms with Gasteiger partial charge in [-0.1, -0.05) is 23.7 Å². The van der Waals surface area contributed by atoms with Crippen molar-refractivity contribution in [3.63, 3.8) is 0 Å². The number of rotatable bonds is 11. The Hall–Kier alpha value is -3.50. The average Bonchev–Trinajstić information content (AvgIpc) is 4.28. The number of anilines is 2. The number of para-hydroxylation sites is 1. The molecule has 6 atom stereocenters. The Morgan fingerprint density at radius 1 is 0.635 bits per heavy atom. The van der Waals surface area contributed by atoms with E-state index in [9.17, 15) is 22.0 Å². The molecule has 6 aliphatic rings. The van der Waals surface area contributed by atoms with Crippen LogP contribution < -0.4 is 10.6 Å². The molecule has 10 rings (SSSR count). The quantitative estimate of drug-likeness (QED) is 0.140. The second kappa shape index (κ2) is 35.0. The van der Waals surface area contributed by atoms with Gasteiger partial charge in [0.25, 0.3) is 11.8 Å². The maximum Gasteiger partial charge on any atom is 0.272 e. The molecule has 85 heavy (non-hydrogen) atoms. The molecule has 0 radical (unpaired) electrons. The van der Waals surface area contributed by atoms with Crippen molar-refractivity contribution in [2.24, 2.45) is 7.05 Å².